The van der Waals surface area contributed by atoms with E-state index in [1.54, 1.807) is 12.1 Å². The molecule has 11 heterocycles. The second kappa shape index (κ2) is 32.6. The fourth-order valence-corrected chi connectivity index (χ4v) is 16.1. The molecule has 19 rings (SSSR count). The van der Waals surface area contributed by atoms with Crippen LogP contribution in [0.15, 0.2) is 164 Å². The molecule has 40 heteroatoms. The Kier molecular flexibility index (Phi) is 22.2. The van der Waals surface area contributed by atoms with Gasteiger partial charge in [-0.05, 0) is 72.8 Å². The fraction of sp³-hybridized carbons (Fsp3) is 0.286. The number of fused-ring (bicyclic) bond motifs is 16. The zero-order valence-electron chi connectivity index (χ0n) is 63.3. The summed E-state index contributed by atoms with van der Waals surface area (Å²) >= 11 is 0. The Morgan fingerprint density at radius 1 is 0.242 bits per heavy atom. The number of rotatable bonds is 9. The van der Waals surface area contributed by atoms with E-state index in [2.05, 4.69) is 0 Å². The van der Waals surface area contributed by atoms with Crippen LogP contribution >= 0.6 is 0 Å². The van der Waals surface area contributed by atoms with Crippen molar-refractivity contribution in [3.63, 3.8) is 0 Å². The number of ether oxygens (including phenoxy) is 7. The van der Waals surface area contributed by atoms with E-state index in [-0.39, 0.29) is 146 Å². The number of benzene rings is 8. The lowest BCUT2D eigenvalue weighted by Gasteiger charge is -2.40. The molecule has 0 radical (unpaired) electrons. The van der Waals surface area contributed by atoms with E-state index >= 15 is 0 Å². The molecule has 0 saturated carbocycles. The normalized spacial score (nSPS) is 26.8. The maximum absolute atomic E-state index is 12.8. The van der Waals surface area contributed by atoms with Crippen LogP contribution in [-0.2, 0) is 18.9 Å². The predicted octanol–water partition coefficient (Wildman–Crippen LogP) is 1.57. The van der Waals surface area contributed by atoms with E-state index in [9.17, 15) is 147 Å². The summed E-state index contributed by atoms with van der Waals surface area (Å²) in [6, 6.07) is 26.2. The molecule has 0 aliphatic carbocycles. The highest BCUT2D eigenvalue weighted by molar-refractivity contribution is 5.94. The SMILES string of the molecule is O=c1cc(-c2cc(O)cc(O)c2)oc2c([C@@H]3O[C@H](CO)[C@@H](O)[C@H](O)[C@@H]3O)c(O)cc(O)c12.O=c1cc(-c2ccc(O)c(O)c2)oc2c3c(cc(O)c12)O[C@H]1[C@@H](O)[C@H](O)[C@@H](CO)O[C@@H]31.O=c1cc(-c2ccc(O)c(O)c2)oc2c3c(cc(O)c12)O[C@H]1[C@@H](O)[C@H](O)[C@@H](CO)O[C@@H]31.O=c1cc(-c2ccc(O)cc2)oc2c3c(cc(O)c12)O[C@H]1[C@@H](O)[C@H](O)[C@@H](CO)O[C@@H]31. The van der Waals surface area contributed by atoms with Gasteiger partial charge in [-0.25, -0.2) is 0 Å². The van der Waals surface area contributed by atoms with Crippen LogP contribution in [-0.4, -0.2) is 252 Å². The molecule has 0 amide bonds. The van der Waals surface area contributed by atoms with Gasteiger partial charge >= 0.3 is 0 Å². The molecule has 4 fully saturated rings. The molecule has 40 nitrogen and oxygen atoms in total. The first-order valence-electron chi connectivity index (χ1n) is 37.7. The lowest BCUT2D eigenvalue weighted by atomic mass is 9.89. The van der Waals surface area contributed by atoms with Crippen LogP contribution in [0.3, 0.4) is 0 Å². The van der Waals surface area contributed by atoms with Crippen LogP contribution in [0.25, 0.3) is 89.2 Å². The summed E-state index contributed by atoms with van der Waals surface area (Å²) in [4.78, 5) is 51.1. The average Bonchev–Trinajstić information content (AvgIpc) is 1.65. The summed E-state index contributed by atoms with van der Waals surface area (Å²) in [5.41, 5.74) is -1.28. The van der Waals surface area contributed by atoms with E-state index in [1.807, 2.05) is 0 Å². The maximum Gasteiger partial charge on any atom is 0.197 e. The van der Waals surface area contributed by atoms with Crippen molar-refractivity contribution in [2.45, 2.75) is 122 Å². The van der Waals surface area contributed by atoms with Crippen LogP contribution in [0.4, 0.5) is 0 Å². The Hall–Kier alpha value is -13.1. The van der Waals surface area contributed by atoms with E-state index < -0.39 is 210 Å². The van der Waals surface area contributed by atoms with Gasteiger partial charge in [0.25, 0.3) is 0 Å². The van der Waals surface area contributed by atoms with Gasteiger partial charge in [-0.3, -0.25) is 19.2 Å². The molecular weight excluding hydrogens is 1650 g/mol. The number of hydrogen-bond acceptors (Lipinski definition) is 40. The third-order valence-corrected chi connectivity index (χ3v) is 22.2. The summed E-state index contributed by atoms with van der Waals surface area (Å²) < 4.78 is 63.3. The number of aliphatic hydroxyl groups is 13. The number of aliphatic hydroxyl groups excluding tert-OH is 13. The summed E-state index contributed by atoms with van der Waals surface area (Å²) in [6.45, 7) is -2.38. The molecule has 0 bridgehead atoms. The molecule has 7 aliphatic heterocycles. The molecule has 4 saturated heterocycles. The Morgan fingerprint density at radius 3 is 0.879 bits per heavy atom. The van der Waals surface area contributed by atoms with E-state index in [4.69, 9.17) is 50.8 Å². The Bertz CT molecular complexity index is 6240. The third-order valence-electron chi connectivity index (χ3n) is 22.2. The van der Waals surface area contributed by atoms with Gasteiger partial charge in [0, 0.05) is 76.9 Å². The minimum absolute atomic E-state index is 0.0216. The average molecular weight is 1720 g/mol. The lowest BCUT2D eigenvalue weighted by molar-refractivity contribution is -0.231. The number of aromatic hydroxyl groups is 12. The van der Waals surface area contributed by atoms with Gasteiger partial charge in [0.05, 0.1) is 48.7 Å². The van der Waals surface area contributed by atoms with Crippen LogP contribution in [0, 0.1) is 0 Å². The molecule has 4 aromatic heterocycles. The molecule has 650 valence electrons. The second-order valence-electron chi connectivity index (χ2n) is 29.9. The molecule has 20 atom stereocenters. The maximum atomic E-state index is 12.8. The van der Waals surface area contributed by atoms with Gasteiger partial charge in [0.2, 0.25) is 0 Å². The first-order chi connectivity index (χ1) is 59.1. The molecule has 0 unspecified atom stereocenters. The summed E-state index contributed by atoms with van der Waals surface area (Å²) in [5.74, 6) is -4.13. The standard InChI is InChI=1S/C21H20O11.2C21H18O10.C21H18O9/c22-6-14-17(28)18(29)19(30)21(32-14)16-11(26)4-10(25)15-12(27)5-13(31-20(15)16)7-1-8(23)3-9(24)2-7;2*22-6-14-17(27)18(28)21-20(31-14)16-13(30-21)5-11(26)15-10(25)4-12(29-19(15)16)7-1-2-8(23)9(24)3-7;22-7-14-17(26)18(27)21-20(30-14)16-13(29-21)6-11(25)15-10(24)5-12(28-19(15)16)8-1-3-9(23)4-2-8/h1-5,14,17-19,21-26,28-30H,6H2;2*1-5,14,17-18,20-24,26-28H,6H2;1-6,14,17-18,20-23,25-27H,7H2/t14-,17-,18+,19+,21+;3*14-,17-,18+,20+,21+/m1111/s1. The molecular formula is C84H74O40. The predicted molar refractivity (Wildman–Crippen MR) is 418 cm³/mol. The van der Waals surface area contributed by atoms with E-state index in [0.29, 0.717) is 11.1 Å². The Labute approximate surface area is 690 Å². The number of hydrogen-bond donors (Lipinski definition) is 25. The van der Waals surface area contributed by atoms with Gasteiger partial charge in [-0.1, -0.05) is 0 Å². The third kappa shape index (κ3) is 14.6. The topological polar surface area (TPSA) is 691 Å². The van der Waals surface area contributed by atoms with Crippen molar-refractivity contribution in [2.24, 2.45) is 0 Å². The fourth-order valence-electron chi connectivity index (χ4n) is 16.1. The quantitative estimate of drug-likeness (QED) is 0.0912. The summed E-state index contributed by atoms with van der Waals surface area (Å²) in [6.07, 6.45) is -25.7. The molecule has 7 aliphatic rings. The highest BCUT2D eigenvalue weighted by Crippen LogP contribution is 2.55. The number of phenolic OH excluding ortho intramolecular Hbond substituents is 12. The minimum atomic E-state index is -1.80. The van der Waals surface area contributed by atoms with Crippen molar-refractivity contribution in [1.82, 2.24) is 0 Å². The van der Waals surface area contributed by atoms with Crippen molar-refractivity contribution in [3.05, 3.63) is 191 Å². The zero-order valence-corrected chi connectivity index (χ0v) is 63.3. The van der Waals surface area contributed by atoms with Crippen LogP contribution in [0.1, 0.15) is 46.7 Å². The van der Waals surface area contributed by atoms with Crippen molar-refractivity contribution in [1.29, 1.82) is 0 Å². The largest absolute Gasteiger partial charge is 0.508 e. The van der Waals surface area contributed by atoms with Crippen LogP contribution in [0.5, 0.6) is 86.2 Å². The second-order valence-corrected chi connectivity index (χ2v) is 29.9. The molecule has 12 aromatic rings. The van der Waals surface area contributed by atoms with Gasteiger partial charge in [0.15, 0.2) is 85.4 Å². The van der Waals surface area contributed by atoms with Crippen molar-refractivity contribution in [3.8, 4) is 132 Å². The van der Waals surface area contributed by atoms with E-state index in [1.165, 1.54) is 84.9 Å². The van der Waals surface area contributed by atoms with Gasteiger partial charge in [-0.2, -0.15) is 0 Å². The van der Waals surface area contributed by atoms with Crippen LogP contribution in [0.2, 0.25) is 0 Å². The Morgan fingerprint density at radius 2 is 0.540 bits per heavy atom. The Balaban J connectivity index is 0.000000122. The first kappa shape index (κ1) is 84.5. The molecule has 8 aromatic carbocycles. The summed E-state index contributed by atoms with van der Waals surface area (Å²) in [7, 11) is 0. The van der Waals surface area contributed by atoms with Gasteiger partial charge in [0.1, 0.15) is 212 Å². The molecule has 0 spiro atoms. The molecule has 124 heavy (non-hydrogen) atoms. The van der Waals surface area contributed by atoms with Gasteiger partial charge in [-0.15, -0.1) is 0 Å². The summed E-state index contributed by atoms with van der Waals surface area (Å²) in [5, 5.41) is 249. The molecule has 25 N–H and O–H groups in total. The highest BCUT2D eigenvalue weighted by atomic mass is 16.6. The van der Waals surface area contributed by atoms with Crippen LogP contribution < -0.4 is 35.9 Å². The van der Waals surface area contributed by atoms with Crippen molar-refractivity contribution < 1.29 is 178 Å². The monoisotopic (exact) mass is 1720 g/mol. The number of phenols is 12. The van der Waals surface area contributed by atoms with E-state index in [0.717, 1.165) is 30.3 Å². The highest BCUT2D eigenvalue weighted by Gasteiger charge is 2.56. The smallest absolute Gasteiger partial charge is 0.197 e. The first-order valence-corrected chi connectivity index (χ1v) is 37.7. The lowest BCUT2D eigenvalue weighted by Crippen LogP contribution is -2.55. The van der Waals surface area contributed by atoms with Crippen molar-refractivity contribution in [2.75, 3.05) is 26.4 Å². The minimum Gasteiger partial charge on any atom is -0.508 e. The van der Waals surface area contributed by atoms with Crippen molar-refractivity contribution >= 4 is 43.9 Å². The zero-order chi connectivity index (χ0) is 88.5. The van der Waals surface area contributed by atoms with Gasteiger partial charge < -0.3 is 178 Å².